The molecule has 0 aliphatic heterocycles. The molecule has 0 amide bonds. The molecule has 1 aromatic carbocycles. The minimum atomic E-state index is 0.860. The molecule has 0 unspecified atom stereocenters. The summed E-state index contributed by atoms with van der Waals surface area (Å²) in [5.41, 5.74) is 8.04. The van der Waals surface area contributed by atoms with Crippen LogP contribution in [0.1, 0.15) is 12.0 Å². The topological polar surface area (TPSA) is 32.5 Å². The van der Waals surface area contributed by atoms with Gasteiger partial charge in [-0.3, -0.25) is 0 Å². The van der Waals surface area contributed by atoms with Gasteiger partial charge in [-0.1, -0.05) is 22.0 Å². The van der Waals surface area contributed by atoms with Crippen LogP contribution in [0.3, 0.4) is 0 Å². The van der Waals surface area contributed by atoms with Gasteiger partial charge < -0.3 is 15.5 Å². The summed E-state index contributed by atoms with van der Waals surface area (Å²) in [6.45, 7) is 3.13. The fraction of sp³-hybridized carbons (Fsp3) is 0.538. The Balaban J connectivity index is 2.42. The molecular formula is C13H22BrN3. The number of benzene rings is 1. The third-order valence-electron chi connectivity index (χ3n) is 2.69. The third-order valence-corrected chi connectivity index (χ3v) is 3.19. The van der Waals surface area contributed by atoms with Crippen molar-refractivity contribution in [2.75, 3.05) is 40.0 Å². The van der Waals surface area contributed by atoms with Gasteiger partial charge in [0.1, 0.15) is 0 Å². The Kier molecular flexibility index (Phi) is 5.95. The van der Waals surface area contributed by atoms with Crippen LogP contribution in [0, 0.1) is 0 Å². The zero-order valence-electron chi connectivity index (χ0n) is 10.9. The summed E-state index contributed by atoms with van der Waals surface area (Å²) in [7, 11) is 6.34. The molecule has 96 valence electrons. The average Bonchev–Trinajstić information content (AvgIpc) is 2.21. The normalized spacial score (nSPS) is 11.4. The summed E-state index contributed by atoms with van der Waals surface area (Å²) in [6, 6.07) is 6.09. The maximum atomic E-state index is 5.98. The standard InChI is InChI=1S/C13H22BrN3/c1-16(2)7-4-8-17(3)10-11-5-6-12(14)9-13(11)15/h5-6,9H,4,7-8,10,15H2,1-3H3. The highest BCUT2D eigenvalue weighted by atomic mass is 79.9. The SMILES string of the molecule is CN(C)CCCN(C)Cc1ccc(Br)cc1N. The van der Waals surface area contributed by atoms with E-state index in [4.69, 9.17) is 5.73 Å². The Morgan fingerprint density at radius 1 is 1.18 bits per heavy atom. The maximum Gasteiger partial charge on any atom is 0.0371 e. The molecule has 0 fully saturated rings. The molecule has 0 aliphatic carbocycles. The van der Waals surface area contributed by atoms with Crippen LogP contribution in [-0.2, 0) is 6.54 Å². The van der Waals surface area contributed by atoms with E-state index in [0.29, 0.717) is 0 Å². The monoisotopic (exact) mass is 299 g/mol. The highest BCUT2D eigenvalue weighted by Crippen LogP contribution is 2.19. The van der Waals surface area contributed by atoms with E-state index < -0.39 is 0 Å². The van der Waals surface area contributed by atoms with Crippen LogP contribution in [0.2, 0.25) is 0 Å². The highest BCUT2D eigenvalue weighted by molar-refractivity contribution is 9.10. The maximum absolute atomic E-state index is 5.98. The minimum Gasteiger partial charge on any atom is -0.398 e. The van der Waals surface area contributed by atoms with Crippen LogP contribution in [0.5, 0.6) is 0 Å². The Bertz CT molecular complexity index is 353. The summed E-state index contributed by atoms with van der Waals surface area (Å²) >= 11 is 3.42. The molecule has 2 N–H and O–H groups in total. The van der Waals surface area contributed by atoms with Crippen molar-refractivity contribution in [2.24, 2.45) is 0 Å². The van der Waals surface area contributed by atoms with Gasteiger partial charge in [0.05, 0.1) is 0 Å². The van der Waals surface area contributed by atoms with Crippen molar-refractivity contribution in [1.82, 2.24) is 9.80 Å². The quantitative estimate of drug-likeness (QED) is 0.819. The number of nitrogen functional groups attached to an aromatic ring is 1. The first-order valence-electron chi connectivity index (χ1n) is 5.86. The highest BCUT2D eigenvalue weighted by Gasteiger charge is 2.04. The van der Waals surface area contributed by atoms with Crippen LogP contribution in [0.4, 0.5) is 5.69 Å². The van der Waals surface area contributed by atoms with E-state index in [0.717, 1.165) is 29.8 Å². The molecule has 0 saturated carbocycles. The Hall–Kier alpha value is -0.580. The number of anilines is 1. The molecule has 3 nitrogen and oxygen atoms in total. The molecule has 0 aliphatic rings. The van der Waals surface area contributed by atoms with Gasteiger partial charge in [0, 0.05) is 16.7 Å². The number of hydrogen-bond donors (Lipinski definition) is 1. The van der Waals surface area contributed by atoms with Crippen molar-refractivity contribution in [3.63, 3.8) is 0 Å². The minimum absolute atomic E-state index is 0.860. The lowest BCUT2D eigenvalue weighted by molar-refractivity contribution is 0.295. The van der Waals surface area contributed by atoms with Crippen molar-refractivity contribution in [2.45, 2.75) is 13.0 Å². The van der Waals surface area contributed by atoms with Crippen molar-refractivity contribution >= 4 is 21.6 Å². The van der Waals surface area contributed by atoms with Crippen LogP contribution in [0.15, 0.2) is 22.7 Å². The second-order valence-electron chi connectivity index (χ2n) is 4.74. The van der Waals surface area contributed by atoms with Gasteiger partial charge in [-0.2, -0.15) is 0 Å². The summed E-state index contributed by atoms with van der Waals surface area (Å²) in [4.78, 5) is 4.52. The van der Waals surface area contributed by atoms with E-state index in [-0.39, 0.29) is 0 Å². The zero-order valence-corrected chi connectivity index (χ0v) is 12.5. The predicted octanol–water partition coefficient (Wildman–Crippen LogP) is 2.41. The van der Waals surface area contributed by atoms with Crippen molar-refractivity contribution < 1.29 is 0 Å². The van der Waals surface area contributed by atoms with E-state index in [1.54, 1.807) is 0 Å². The van der Waals surface area contributed by atoms with Crippen LogP contribution < -0.4 is 5.73 Å². The second-order valence-corrected chi connectivity index (χ2v) is 5.65. The van der Waals surface area contributed by atoms with Gasteiger partial charge in [0.15, 0.2) is 0 Å². The molecule has 0 aromatic heterocycles. The number of hydrogen-bond acceptors (Lipinski definition) is 3. The number of nitrogens with zero attached hydrogens (tertiary/aromatic N) is 2. The van der Waals surface area contributed by atoms with Crippen molar-refractivity contribution in [3.8, 4) is 0 Å². The summed E-state index contributed by atoms with van der Waals surface area (Å²) < 4.78 is 1.04. The predicted molar refractivity (Wildman–Crippen MR) is 78.1 cm³/mol. The van der Waals surface area contributed by atoms with E-state index in [1.807, 2.05) is 12.1 Å². The Morgan fingerprint density at radius 3 is 2.47 bits per heavy atom. The molecule has 17 heavy (non-hydrogen) atoms. The van der Waals surface area contributed by atoms with Crippen LogP contribution >= 0.6 is 15.9 Å². The smallest absolute Gasteiger partial charge is 0.0371 e. The second kappa shape index (κ2) is 6.99. The number of rotatable bonds is 6. The molecule has 0 heterocycles. The van der Waals surface area contributed by atoms with Crippen molar-refractivity contribution in [3.05, 3.63) is 28.2 Å². The van der Waals surface area contributed by atoms with Gasteiger partial charge in [0.25, 0.3) is 0 Å². The largest absolute Gasteiger partial charge is 0.398 e. The van der Waals surface area contributed by atoms with Gasteiger partial charge in [-0.25, -0.2) is 0 Å². The van der Waals surface area contributed by atoms with Crippen LogP contribution in [-0.4, -0.2) is 44.0 Å². The van der Waals surface area contributed by atoms with E-state index >= 15 is 0 Å². The average molecular weight is 300 g/mol. The Labute approximate surface area is 113 Å². The molecule has 0 bridgehead atoms. The molecule has 1 aromatic rings. The first-order valence-corrected chi connectivity index (χ1v) is 6.65. The lowest BCUT2D eigenvalue weighted by Gasteiger charge is -2.19. The molecule has 0 atom stereocenters. The van der Waals surface area contributed by atoms with E-state index in [9.17, 15) is 0 Å². The Morgan fingerprint density at radius 2 is 1.88 bits per heavy atom. The molecule has 0 saturated heterocycles. The number of nitrogens with two attached hydrogens (primary N) is 1. The number of halogens is 1. The summed E-state index contributed by atoms with van der Waals surface area (Å²) in [5, 5.41) is 0. The first-order chi connectivity index (χ1) is 7.99. The van der Waals surface area contributed by atoms with Crippen molar-refractivity contribution in [1.29, 1.82) is 0 Å². The first kappa shape index (κ1) is 14.5. The lowest BCUT2D eigenvalue weighted by Crippen LogP contribution is -2.23. The van der Waals surface area contributed by atoms with Gasteiger partial charge in [-0.05, 0) is 58.3 Å². The van der Waals surface area contributed by atoms with Crippen LogP contribution in [0.25, 0.3) is 0 Å². The summed E-state index contributed by atoms with van der Waals surface area (Å²) in [6.07, 6.45) is 1.18. The van der Waals surface area contributed by atoms with E-state index in [1.165, 1.54) is 12.0 Å². The third kappa shape index (κ3) is 5.52. The fourth-order valence-corrected chi connectivity index (χ4v) is 2.12. The van der Waals surface area contributed by atoms with E-state index in [2.05, 4.69) is 52.9 Å². The summed E-state index contributed by atoms with van der Waals surface area (Å²) in [5.74, 6) is 0. The molecule has 0 spiro atoms. The molecule has 4 heteroatoms. The fourth-order valence-electron chi connectivity index (χ4n) is 1.74. The lowest BCUT2D eigenvalue weighted by atomic mass is 10.1. The molecule has 0 radical (unpaired) electrons. The van der Waals surface area contributed by atoms with Gasteiger partial charge >= 0.3 is 0 Å². The van der Waals surface area contributed by atoms with Gasteiger partial charge in [-0.15, -0.1) is 0 Å². The zero-order chi connectivity index (χ0) is 12.8. The molecular weight excluding hydrogens is 278 g/mol. The molecule has 1 rings (SSSR count). The van der Waals surface area contributed by atoms with Gasteiger partial charge in [0.2, 0.25) is 0 Å².